The highest BCUT2D eigenvalue weighted by Crippen LogP contribution is 2.37. The fourth-order valence-corrected chi connectivity index (χ4v) is 3.51. The SMILES string of the molecule is O=C(OC(Br)Br)c1cc(Br)c(Br)c(Br)c1C(=O)OC(Br)Br. The van der Waals surface area contributed by atoms with Gasteiger partial charge in [-0.25, -0.2) is 9.59 Å². The average molecular weight is 746 g/mol. The predicted octanol–water partition coefficient (Wildman–Crippen LogP) is 6.43. The summed E-state index contributed by atoms with van der Waals surface area (Å²) >= 11 is 22.0. The Morgan fingerprint density at radius 2 is 1.33 bits per heavy atom. The molecular formula is C10H3Br7O4. The summed E-state index contributed by atoms with van der Waals surface area (Å²) in [6.07, 6.45) is 0. The third kappa shape index (κ3) is 5.82. The van der Waals surface area contributed by atoms with E-state index in [1.165, 1.54) is 6.07 Å². The number of esters is 2. The molecule has 116 valence electrons. The van der Waals surface area contributed by atoms with Gasteiger partial charge in [0.25, 0.3) is 0 Å². The topological polar surface area (TPSA) is 52.6 Å². The molecule has 1 aromatic rings. The van der Waals surface area contributed by atoms with Crippen molar-refractivity contribution in [2.75, 3.05) is 0 Å². The molecule has 11 heteroatoms. The van der Waals surface area contributed by atoms with Crippen molar-refractivity contribution >= 4 is 123 Å². The van der Waals surface area contributed by atoms with Crippen molar-refractivity contribution in [3.8, 4) is 0 Å². The van der Waals surface area contributed by atoms with E-state index in [0.717, 1.165) is 0 Å². The first-order valence-electron chi connectivity index (χ1n) is 4.81. The molecule has 0 aliphatic heterocycles. The van der Waals surface area contributed by atoms with E-state index < -0.39 is 19.8 Å². The Morgan fingerprint density at radius 1 is 0.857 bits per heavy atom. The molecule has 0 amide bonds. The Kier molecular flexibility index (Phi) is 8.93. The van der Waals surface area contributed by atoms with Crippen molar-refractivity contribution in [2.45, 2.75) is 7.85 Å². The smallest absolute Gasteiger partial charge is 0.342 e. The van der Waals surface area contributed by atoms with Crippen LogP contribution >= 0.6 is 112 Å². The van der Waals surface area contributed by atoms with E-state index in [2.05, 4.69) is 112 Å². The Bertz CT molecular complexity index is 573. The summed E-state index contributed by atoms with van der Waals surface area (Å²) in [6.45, 7) is 0. The second-order valence-corrected chi connectivity index (χ2v) is 11.5. The number of hydrogen-bond donors (Lipinski definition) is 0. The van der Waals surface area contributed by atoms with Crippen molar-refractivity contribution in [3.63, 3.8) is 0 Å². The van der Waals surface area contributed by atoms with Crippen LogP contribution in [-0.2, 0) is 9.47 Å². The van der Waals surface area contributed by atoms with Gasteiger partial charge >= 0.3 is 11.9 Å². The van der Waals surface area contributed by atoms with Crippen LogP contribution in [0.4, 0.5) is 0 Å². The van der Waals surface area contributed by atoms with Gasteiger partial charge in [-0.3, -0.25) is 0 Å². The van der Waals surface area contributed by atoms with E-state index in [4.69, 9.17) is 9.47 Å². The van der Waals surface area contributed by atoms with E-state index in [9.17, 15) is 9.59 Å². The van der Waals surface area contributed by atoms with Crippen molar-refractivity contribution < 1.29 is 19.1 Å². The van der Waals surface area contributed by atoms with Gasteiger partial charge < -0.3 is 9.47 Å². The lowest BCUT2D eigenvalue weighted by molar-refractivity contribution is 0.0513. The summed E-state index contributed by atoms with van der Waals surface area (Å²) in [7, 11) is 0. The maximum atomic E-state index is 12.2. The van der Waals surface area contributed by atoms with E-state index >= 15 is 0 Å². The molecule has 0 saturated carbocycles. The summed E-state index contributed by atoms with van der Waals surface area (Å²) in [6, 6.07) is 1.47. The van der Waals surface area contributed by atoms with Crippen LogP contribution in [0.5, 0.6) is 0 Å². The molecule has 0 radical (unpaired) electrons. The van der Waals surface area contributed by atoms with Gasteiger partial charge in [0.1, 0.15) is 0 Å². The first-order valence-corrected chi connectivity index (χ1v) is 10.8. The monoisotopic (exact) mass is 739 g/mol. The quantitative estimate of drug-likeness (QED) is 0.203. The Morgan fingerprint density at radius 3 is 1.81 bits per heavy atom. The minimum absolute atomic E-state index is 0.0413. The molecule has 0 N–H and O–H groups in total. The molecule has 0 heterocycles. The van der Waals surface area contributed by atoms with Gasteiger partial charge in [0.05, 0.1) is 11.1 Å². The standard InChI is InChI=1S/C10H3Br7O4/c11-3-1-2(7(18)20-9(14)15)4(6(13)5(3)12)8(19)21-10(16)17/h1,9-10H. The van der Waals surface area contributed by atoms with Crippen LogP contribution in [0.3, 0.4) is 0 Å². The number of carbonyl (C=O) groups is 2. The molecule has 0 unspecified atom stereocenters. The maximum absolute atomic E-state index is 12.2. The molecule has 0 aliphatic carbocycles. The lowest BCUT2D eigenvalue weighted by Gasteiger charge is -2.14. The lowest BCUT2D eigenvalue weighted by Crippen LogP contribution is -2.17. The van der Waals surface area contributed by atoms with E-state index in [1.807, 2.05) is 0 Å². The molecule has 1 rings (SSSR count). The average Bonchev–Trinajstić information content (AvgIpc) is 2.33. The molecule has 0 saturated heterocycles. The van der Waals surface area contributed by atoms with Crippen LogP contribution in [0, 0.1) is 0 Å². The molecule has 0 aromatic heterocycles. The number of ether oxygens (including phenoxy) is 2. The van der Waals surface area contributed by atoms with Crippen molar-refractivity contribution in [3.05, 3.63) is 30.6 Å². The Balaban J connectivity index is 3.41. The molecule has 0 spiro atoms. The van der Waals surface area contributed by atoms with Crippen molar-refractivity contribution in [2.24, 2.45) is 0 Å². The Hall–Kier alpha value is 1.52. The lowest BCUT2D eigenvalue weighted by atomic mass is 10.1. The summed E-state index contributed by atoms with van der Waals surface area (Å²) in [5, 5.41) is 0. The highest BCUT2D eigenvalue weighted by Gasteiger charge is 2.27. The number of benzene rings is 1. The van der Waals surface area contributed by atoms with E-state index in [0.29, 0.717) is 13.4 Å². The normalized spacial score (nSPS) is 10.9. The highest BCUT2D eigenvalue weighted by molar-refractivity contribution is 9.24. The minimum atomic E-state index is -0.707. The molecule has 0 bridgehead atoms. The molecule has 0 aliphatic rings. The first kappa shape index (κ1) is 20.6. The summed E-state index contributed by atoms with van der Waals surface area (Å²) in [4.78, 5) is 24.3. The number of halogens is 7. The zero-order chi connectivity index (χ0) is 16.3. The number of rotatable bonds is 4. The Labute approximate surface area is 179 Å². The van der Waals surface area contributed by atoms with E-state index in [-0.39, 0.29) is 11.1 Å². The highest BCUT2D eigenvalue weighted by atomic mass is 79.9. The van der Waals surface area contributed by atoms with Gasteiger partial charge in [0.2, 0.25) is 7.85 Å². The van der Waals surface area contributed by atoms with Gasteiger partial charge in [0, 0.05) is 13.4 Å². The van der Waals surface area contributed by atoms with Gasteiger partial charge in [-0.2, -0.15) is 0 Å². The second-order valence-electron chi connectivity index (χ2n) is 3.24. The molecule has 1 aromatic carbocycles. The molecule has 0 fully saturated rings. The summed E-state index contributed by atoms with van der Waals surface area (Å²) < 4.78 is 10.1. The summed E-state index contributed by atoms with van der Waals surface area (Å²) in [5.74, 6) is -1.41. The fraction of sp³-hybridized carbons (Fsp3) is 0.200. The van der Waals surface area contributed by atoms with Crippen LogP contribution in [0.15, 0.2) is 19.5 Å². The van der Waals surface area contributed by atoms with Crippen LogP contribution < -0.4 is 0 Å². The van der Waals surface area contributed by atoms with Crippen molar-refractivity contribution in [1.82, 2.24) is 0 Å². The number of carbonyl (C=O) groups excluding carboxylic acids is 2. The van der Waals surface area contributed by atoms with Crippen LogP contribution in [0.1, 0.15) is 20.7 Å². The first-order chi connectivity index (χ1) is 9.65. The van der Waals surface area contributed by atoms with Crippen LogP contribution in [0.25, 0.3) is 0 Å². The predicted molar refractivity (Wildman–Crippen MR) is 104 cm³/mol. The number of hydrogen-bond acceptors (Lipinski definition) is 4. The van der Waals surface area contributed by atoms with Gasteiger partial charge in [-0.15, -0.1) is 0 Å². The zero-order valence-corrected chi connectivity index (χ0v) is 20.6. The third-order valence-corrected chi connectivity index (χ3v) is 6.03. The van der Waals surface area contributed by atoms with Gasteiger partial charge in [0.15, 0.2) is 0 Å². The molecule has 0 atom stereocenters. The van der Waals surface area contributed by atoms with E-state index in [1.54, 1.807) is 0 Å². The zero-order valence-electron chi connectivity index (χ0n) is 9.51. The second kappa shape index (κ2) is 9.12. The van der Waals surface area contributed by atoms with Crippen LogP contribution in [0.2, 0.25) is 0 Å². The number of alkyl halides is 4. The molecule has 21 heavy (non-hydrogen) atoms. The van der Waals surface area contributed by atoms with Gasteiger partial charge in [-0.1, -0.05) is 0 Å². The molecule has 4 nitrogen and oxygen atoms in total. The fourth-order valence-electron chi connectivity index (χ4n) is 1.24. The largest absolute Gasteiger partial charge is 0.436 e. The maximum Gasteiger partial charge on any atom is 0.342 e. The minimum Gasteiger partial charge on any atom is -0.436 e. The van der Waals surface area contributed by atoms with Crippen molar-refractivity contribution in [1.29, 1.82) is 0 Å². The van der Waals surface area contributed by atoms with Crippen LogP contribution in [-0.4, -0.2) is 19.8 Å². The summed E-state index contributed by atoms with van der Waals surface area (Å²) in [5.41, 5.74) is 0.0890. The molecular weight excluding hydrogens is 743 g/mol. The van der Waals surface area contributed by atoms with Gasteiger partial charge in [-0.05, 0) is 118 Å². The third-order valence-electron chi connectivity index (χ3n) is 1.98.